The molecule has 2 aliphatic heterocycles. The third-order valence-corrected chi connectivity index (χ3v) is 4.08. The molecule has 2 unspecified atom stereocenters. The number of nitrogens with one attached hydrogen (secondary N) is 2. The Kier molecular flexibility index (Phi) is 4.59. The third kappa shape index (κ3) is 3.93. The van der Waals surface area contributed by atoms with Gasteiger partial charge >= 0.3 is 5.97 Å². The first-order valence-corrected chi connectivity index (χ1v) is 7.00. The van der Waals surface area contributed by atoms with E-state index >= 15 is 0 Å². The van der Waals surface area contributed by atoms with Crippen LogP contribution < -0.4 is 16.4 Å². The van der Waals surface area contributed by atoms with Crippen molar-refractivity contribution in [3.63, 3.8) is 0 Å². The molecule has 7 nitrogen and oxygen atoms in total. The summed E-state index contributed by atoms with van der Waals surface area (Å²) in [6.45, 7) is 0. The summed E-state index contributed by atoms with van der Waals surface area (Å²) in [7, 11) is 0. The summed E-state index contributed by atoms with van der Waals surface area (Å²) in [6, 6.07) is -0.238. The highest BCUT2D eigenvalue weighted by atomic mass is 16.4. The van der Waals surface area contributed by atoms with E-state index in [1.54, 1.807) is 0 Å². The number of aliphatic carboxylic acids is 1. The lowest BCUT2D eigenvalue weighted by Crippen LogP contribution is -2.45. The van der Waals surface area contributed by atoms with Crippen molar-refractivity contribution in [2.45, 2.75) is 56.7 Å². The Bertz CT molecular complexity index is 400. The van der Waals surface area contributed by atoms with Crippen LogP contribution in [0.1, 0.15) is 38.5 Å². The summed E-state index contributed by atoms with van der Waals surface area (Å²) in [4.78, 5) is 33.6. The lowest BCUT2D eigenvalue weighted by atomic mass is 9.89. The normalized spacial score (nSPS) is 29.7. The lowest BCUT2D eigenvalue weighted by molar-refractivity contribution is -0.143. The van der Waals surface area contributed by atoms with Crippen LogP contribution in [0.25, 0.3) is 0 Å². The maximum absolute atomic E-state index is 11.9. The zero-order valence-electron chi connectivity index (χ0n) is 11.3. The van der Waals surface area contributed by atoms with E-state index in [1.807, 2.05) is 0 Å². The Hall–Kier alpha value is -1.63. The number of piperidine rings is 1. The Morgan fingerprint density at radius 2 is 1.85 bits per heavy atom. The fourth-order valence-electron chi connectivity index (χ4n) is 3.26. The number of fused-ring (bicyclic) bond motifs is 2. The maximum atomic E-state index is 11.9. The third-order valence-electron chi connectivity index (χ3n) is 4.08. The molecule has 2 rings (SSSR count). The van der Waals surface area contributed by atoms with Crippen LogP contribution in [0.4, 0.5) is 0 Å². The minimum absolute atomic E-state index is 0.289. The largest absolute Gasteiger partial charge is 0.480 e. The smallest absolute Gasteiger partial charge is 0.326 e. The first-order chi connectivity index (χ1) is 9.44. The van der Waals surface area contributed by atoms with Crippen LogP contribution in [0.3, 0.4) is 0 Å². The van der Waals surface area contributed by atoms with Gasteiger partial charge in [0.25, 0.3) is 0 Å². The van der Waals surface area contributed by atoms with Crippen LogP contribution in [-0.4, -0.2) is 41.0 Å². The van der Waals surface area contributed by atoms with Gasteiger partial charge in [0.2, 0.25) is 11.8 Å². The standard InChI is InChI=1S/C13H21N3O4/c14-11(17)6-10(13(19)20)16-12(18)5-7-3-8-1-2-9(4-7)15-8/h7-10,15H,1-6H2,(H2,14,17)(H,16,18)(H,19,20)/t7?,8?,9?,10-/m0/s1. The molecule has 20 heavy (non-hydrogen) atoms. The molecule has 7 heteroatoms. The molecule has 2 fully saturated rings. The van der Waals surface area contributed by atoms with E-state index in [0.717, 1.165) is 25.7 Å². The number of carbonyl (C=O) groups excluding carboxylic acids is 2. The second kappa shape index (κ2) is 6.21. The van der Waals surface area contributed by atoms with Gasteiger partial charge in [-0.05, 0) is 31.6 Å². The second-order valence-corrected chi connectivity index (χ2v) is 5.81. The molecule has 2 heterocycles. The number of carboxylic acid groups (broad SMARTS) is 1. The van der Waals surface area contributed by atoms with Crippen molar-refractivity contribution in [2.75, 3.05) is 0 Å². The van der Waals surface area contributed by atoms with Gasteiger partial charge in [-0.25, -0.2) is 4.79 Å². The topological polar surface area (TPSA) is 122 Å². The first kappa shape index (κ1) is 14.8. The van der Waals surface area contributed by atoms with E-state index in [4.69, 9.17) is 10.8 Å². The van der Waals surface area contributed by atoms with Crippen LogP contribution in [-0.2, 0) is 14.4 Å². The highest BCUT2D eigenvalue weighted by Gasteiger charge is 2.34. The predicted molar refractivity (Wildman–Crippen MR) is 70.7 cm³/mol. The van der Waals surface area contributed by atoms with Crippen LogP contribution in [0.2, 0.25) is 0 Å². The molecule has 0 saturated carbocycles. The van der Waals surface area contributed by atoms with Crippen molar-refractivity contribution in [2.24, 2.45) is 11.7 Å². The number of nitrogens with two attached hydrogens (primary N) is 1. The second-order valence-electron chi connectivity index (χ2n) is 5.81. The average molecular weight is 283 g/mol. The molecular weight excluding hydrogens is 262 g/mol. The SMILES string of the molecule is NC(=O)C[C@H](NC(=O)CC1CC2CCC(C1)N2)C(=O)O. The minimum atomic E-state index is -1.23. The number of carbonyl (C=O) groups is 3. The van der Waals surface area contributed by atoms with Gasteiger partial charge in [0.1, 0.15) is 6.04 Å². The van der Waals surface area contributed by atoms with Crippen molar-refractivity contribution in [1.82, 2.24) is 10.6 Å². The Balaban J connectivity index is 1.81. The number of hydrogen-bond acceptors (Lipinski definition) is 4. The van der Waals surface area contributed by atoms with Gasteiger partial charge in [0.15, 0.2) is 0 Å². The summed E-state index contributed by atoms with van der Waals surface area (Å²) >= 11 is 0. The molecule has 3 atom stereocenters. The Morgan fingerprint density at radius 1 is 1.25 bits per heavy atom. The fourth-order valence-corrected chi connectivity index (χ4v) is 3.26. The molecule has 2 saturated heterocycles. The van der Waals surface area contributed by atoms with E-state index in [2.05, 4.69) is 10.6 Å². The average Bonchev–Trinajstić information content (AvgIpc) is 2.67. The Morgan fingerprint density at radius 3 is 2.35 bits per heavy atom. The van der Waals surface area contributed by atoms with E-state index in [-0.39, 0.29) is 18.2 Å². The molecule has 0 aliphatic carbocycles. The van der Waals surface area contributed by atoms with E-state index in [0.29, 0.717) is 18.5 Å². The van der Waals surface area contributed by atoms with Gasteiger partial charge in [-0.3, -0.25) is 9.59 Å². The first-order valence-electron chi connectivity index (χ1n) is 7.00. The molecule has 2 aliphatic rings. The molecule has 5 N–H and O–H groups in total. The van der Waals surface area contributed by atoms with E-state index < -0.39 is 17.9 Å². The summed E-state index contributed by atoms with van der Waals surface area (Å²) in [5, 5.41) is 14.8. The van der Waals surface area contributed by atoms with Crippen LogP contribution in [0.15, 0.2) is 0 Å². The van der Waals surface area contributed by atoms with E-state index in [9.17, 15) is 14.4 Å². The van der Waals surface area contributed by atoms with Gasteiger partial charge in [-0.2, -0.15) is 0 Å². The molecule has 0 aromatic rings. The number of primary amides is 1. The summed E-state index contributed by atoms with van der Waals surface area (Å²) < 4.78 is 0. The highest BCUT2D eigenvalue weighted by Crippen LogP contribution is 2.32. The van der Waals surface area contributed by atoms with Crippen molar-refractivity contribution in [3.8, 4) is 0 Å². The molecule has 0 radical (unpaired) electrons. The van der Waals surface area contributed by atoms with Crippen molar-refractivity contribution >= 4 is 17.8 Å². The zero-order valence-corrected chi connectivity index (χ0v) is 11.3. The van der Waals surface area contributed by atoms with Crippen LogP contribution in [0, 0.1) is 5.92 Å². The number of rotatable bonds is 6. The van der Waals surface area contributed by atoms with Crippen molar-refractivity contribution in [1.29, 1.82) is 0 Å². The molecular formula is C13H21N3O4. The maximum Gasteiger partial charge on any atom is 0.326 e. The number of carboxylic acids is 1. The minimum Gasteiger partial charge on any atom is -0.480 e. The van der Waals surface area contributed by atoms with Crippen molar-refractivity contribution in [3.05, 3.63) is 0 Å². The van der Waals surface area contributed by atoms with Crippen LogP contribution in [0.5, 0.6) is 0 Å². The molecule has 2 bridgehead atoms. The van der Waals surface area contributed by atoms with E-state index in [1.165, 1.54) is 0 Å². The van der Waals surface area contributed by atoms with Gasteiger partial charge < -0.3 is 21.5 Å². The van der Waals surface area contributed by atoms with Gasteiger partial charge in [0.05, 0.1) is 6.42 Å². The lowest BCUT2D eigenvalue weighted by Gasteiger charge is -2.28. The summed E-state index contributed by atoms with van der Waals surface area (Å²) in [5.74, 6) is -2.00. The molecule has 112 valence electrons. The van der Waals surface area contributed by atoms with Gasteiger partial charge in [0, 0.05) is 18.5 Å². The number of amides is 2. The molecule has 0 aromatic carbocycles. The molecule has 2 amide bonds. The van der Waals surface area contributed by atoms with Gasteiger partial charge in [-0.15, -0.1) is 0 Å². The number of hydrogen-bond donors (Lipinski definition) is 4. The van der Waals surface area contributed by atoms with Crippen LogP contribution >= 0.6 is 0 Å². The monoisotopic (exact) mass is 283 g/mol. The quantitative estimate of drug-likeness (QED) is 0.516. The molecule has 0 aromatic heterocycles. The van der Waals surface area contributed by atoms with Gasteiger partial charge in [-0.1, -0.05) is 0 Å². The zero-order chi connectivity index (χ0) is 14.7. The van der Waals surface area contributed by atoms with Crippen molar-refractivity contribution < 1.29 is 19.5 Å². The predicted octanol–water partition coefficient (Wildman–Crippen LogP) is -0.648. The fraction of sp³-hybridized carbons (Fsp3) is 0.769. The highest BCUT2D eigenvalue weighted by molar-refractivity contribution is 5.88. The molecule has 0 spiro atoms. The Labute approximate surface area is 117 Å². The summed E-state index contributed by atoms with van der Waals surface area (Å²) in [5.41, 5.74) is 4.97. The summed E-state index contributed by atoms with van der Waals surface area (Å²) in [6.07, 6.45) is 4.16.